The predicted octanol–water partition coefficient (Wildman–Crippen LogP) is -7.05. The van der Waals surface area contributed by atoms with E-state index in [2.05, 4.69) is 63.2 Å². The zero-order chi connectivity index (χ0) is 78.4. The van der Waals surface area contributed by atoms with Crippen LogP contribution in [0.1, 0.15) is 129 Å². The lowest BCUT2D eigenvalue weighted by molar-refractivity contribution is -0.192. The maximum Gasteiger partial charge on any atom is 0.490 e. The van der Waals surface area contributed by atoms with Crippen molar-refractivity contribution in [2.45, 2.75) is 202 Å². The minimum atomic E-state index is -5.08. The van der Waals surface area contributed by atoms with Gasteiger partial charge in [0, 0.05) is 38.9 Å². The molecule has 104 heavy (non-hydrogen) atoms. The normalized spacial score (nSPS) is 16.6. The zero-order valence-electron chi connectivity index (χ0n) is 57.9. The van der Waals surface area contributed by atoms with Crippen molar-refractivity contribution in [2.75, 3.05) is 45.9 Å². The largest absolute Gasteiger partial charge is 0.508 e. The van der Waals surface area contributed by atoms with Crippen LogP contribution in [0.2, 0.25) is 0 Å². The molecule has 2 fully saturated rings. The Bertz CT molecular complexity index is 3120. The van der Waals surface area contributed by atoms with Crippen LogP contribution in [0.15, 0.2) is 34.3 Å². The number of aromatic hydroxyl groups is 1. The van der Waals surface area contributed by atoms with Crippen LogP contribution in [0.4, 0.5) is 13.2 Å². The Balaban J connectivity index is 0.00000497. The number of alkyl halides is 3. The molecule has 39 nitrogen and oxygen atoms in total. The fraction of sp³-hybridized carbons (Fsp3) is 0.645. The zero-order valence-corrected chi connectivity index (χ0v) is 57.9. The highest BCUT2D eigenvalue weighted by atomic mass is 19.4. The summed E-state index contributed by atoms with van der Waals surface area (Å²) < 4.78 is 31.7. The number of carbonyl (C=O) groups excluding carboxylic acids is 12. The lowest BCUT2D eigenvalue weighted by Gasteiger charge is -2.31. The van der Waals surface area contributed by atoms with E-state index in [1.165, 1.54) is 29.2 Å². The fourth-order valence-corrected chi connectivity index (χ4v) is 10.5. The number of hydrogen-bond acceptors (Lipinski definition) is 21. The quantitative estimate of drug-likeness (QED) is 0.0164. The molecule has 1 aromatic rings. The monoisotopic (exact) mass is 1490 g/mol. The number of nitrogens with two attached hydrogens (primary N) is 7. The van der Waals surface area contributed by atoms with Crippen LogP contribution < -0.4 is 93.3 Å². The van der Waals surface area contributed by atoms with Gasteiger partial charge in [-0.05, 0) is 133 Å². The maximum atomic E-state index is 14.5. The first-order valence-corrected chi connectivity index (χ1v) is 33.6. The Morgan fingerprint density at radius 3 is 1.39 bits per heavy atom. The van der Waals surface area contributed by atoms with Gasteiger partial charge < -0.3 is 124 Å². The molecular formula is C62H101F3N20O19. The van der Waals surface area contributed by atoms with Gasteiger partial charge in [-0.3, -0.25) is 67.5 Å². The number of rotatable bonds is 45. The van der Waals surface area contributed by atoms with Gasteiger partial charge in [-0.2, -0.15) is 13.2 Å². The first-order valence-electron chi connectivity index (χ1n) is 33.6. The molecule has 0 saturated carbocycles. The number of amides is 12. The summed E-state index contributed by atoms with van der Waals surface area (Å²) >= 11 is 0. The summed E-state index contributed by atoms with van der Waals surface area (Å²) in [5, 5.41) is 73.0. The average molecular weight is 1490 g/mol. The number of nitrogens with zero attached hydrogens (tertiary/aromatic N) is 3. The van der Waals surface area contributed by atoms with Crippen LogP contribution in [-0.2, 0) is 73.5 Å². The highest BCUT2D eigenvalue weighted by Gasteiger charge is 2.42. The number of carbonyl (C=O) groups is 14. The van der Waals surface area contributed by atoms with Gasteiger partial charge in [0.05, 0.1) is 13.2 Å². The average Bonchev–Trinajstić information content (AvgIpc) is 1.63. The minimum absolute atomic E-state index is 0.0125. The molecule has 29 N–H and O–H groups in total. The molecule has 2 heterocycles. The Hall–Kier alpha value is -10.2. The van der Waals surface area contributed by atoms with Crippen LogP contribution in [0, 0.1) is 5.92 Å². The number of benzene rings is 1. The number of aliphatic imine (C=N–C) groups is 2. The molecule has 2 aliphatic heterocycles. The molecular weight excluding hydrogens is 1390 g/mol. The van der Waals surface area contributed by atoms with Crippen molar-refractivity contribution >= 4 is 94.7 Å². The third-order valence-corrected chi connectivity index (χ3v) is 16.0. The smallest absolute Gasteiger partial charge is 0.490 e. The van der Waals surface area contributed by atoms with Gasteiger partial charge in [0.15, 0.2) is 11.9 Å². The number of phenols is 1. The number of halogens is 3. The number of unbranched alkanes of at least 4 members (excludes halogenated alkanes) is 2. The Kier molecular flexibility index (Phi) is 40.1. The van der Waals surface area contributed by atoms with E-state index in [1.54, 1.807) is 13.8 Å². The first kappa shape index (κ1) is 89.9. The van der Waals surface area contributed by atoms with Crippen LogP contribution in [0.5, 0.6) is 5.75 Å². The van der Waals surface area contributed by atoms with Crippen molar-refractivity contribution in [1.29, 1.82) is 0 Å². The maximum absolute atomic E-state index is 14.5. The van der Waals surface area contributed by atoms with E-state index in [0.29, 0.717) is 24.8 Å². The standard InChI is InChI=1S/C60H100N20O17.C2HF3O2/c1-32(2)28-42(58(96)97)77-53(91)41(29-33-15-17-34(83)18-16-33)76-49(87)36(11-4-6-24-62)73-54(92)43(30-81)78-50(88)37(12-7-25-68-59(64)65)72-52(90)39(19-21-46(63)84)74-55(93)44(31-82)79-56(94)45-14-9-27-80(45)57(95)40(13-8-26-69-60(66)67)75-48(86)35(10-3-5-23-61)71-51(89)38-20-22-47(85)70-38;3-2(4,5)1(6)7/h15-18,32,35-45,81-83H,3-14,19-31,61-62H2,1-2H3,(H2,63,84)(H,70,85)(H,71,89)(H,72,90)(H,73,92)(H,74,93)(H,75,86)(H,76,87)(H,77,91)(H,78,88)(H,79,94)(H,96,97)(H4,64,65,68)(H4,66,67,69);(H,6,7)/t35-,36-,37-,38-,39-,40-,41-,42-,43-,44-,45-;/m0./s1. The summed E-state index contributed by atoms with van der Waals surface area (Å²) in [6, 6.07) is -10.4. The summed E-state index contributed by atoms with van der Waals surface area (Å²) in [5.74, 6) is -15.6. The topological polar surface area (TPSA) is 671 Å². The van der Waals surface area contributed by atoms with Gasteiger partial charge in [-0.25, -0.2) is 9.59 Å². The van der Waals surface area contributed by atoms with Gasteiger partial charge in [0.1, 0.15) is 72.2 Å². The molecule has 11 atom stereocenters. The van der Waals surface area contributed by atoms with Crippen LogP contribution in [0.3, 0.4) is 0 Å². The Labute approximate surface area is 596 Å². The Morgan fingerprint density at radius 2 is 0.962 bits per heavy atom. The summed E-state index contributed by atoms with van der Waals surface area (Å²) in [5.41, 5.74) is 39.4. The van der Waals surface area contributed by atoms with Gasteiger partial charge in [0.2, 0.25) is 70.9 Å². The van der Waals surface area contributed by atoms with Crippen LogP contribution >= 0.6 is 0 Å². The minimum Gasteiger partial charge on any atom is -0.508 e. The van der Waals surface area contributed by atoms with E-state index < -0.39 is 176 Å². The second-order valence-electron chi connectivity index (χ2n) is 24.9. The molecule has 0 unspecified atom stereocenters. The van der Waals surface area contributed by atoms with Gasteiger partial charge >= 0.3 is 18.1 Å². The molecule has 2 saturated heterocycles. The fourth-order valence-electron chi connectivity index (χ4n) is 10.5. The van der Waals surface area contributed by atoms with Crippen molar-refractivity contribution < 1.29 is 106 Å². The van der Waals surface area contributed by atoms with E-state index in [4.69, 9.17) is 50.0 Å². The lowest BCUT2D eigenvalue weighted by atomic mass is 10.0. The second kappa shape index (κ2) is 46.4. The van der Waals surface area contributed by atoms with Crippen molar-refractivity contribution in [1.82, 2.24) is 58.1 Å². The molecule has 1 aromatic carbocycles. The van der Waals surface area contributed by atoms with E-state index in [0.717, 1.165) is 0 Å². The van der Waals surface area contributed by atoms with E-state index in [9.17, 15) is 95.9 Å². The molecule has 584 valence electrons. The van der Waals surface area contributed by atoms with Gasteiger partial charge in [-0.15, -0.1) is 0 Å². The number of carboxylic acids is 2. The van der Waals surface area contributed by atoms with Gasteiger partial charge in [-0.1, -0.05) is 26.0 Å². The molecule has 12 amide bonds. The first-order chi connectivity index (χ1) is 49.0. The summed E-state index contributed by atoms with van der Waals surface area (Å²) in [6.07, 6.45) is -4.47. The van der Waals surface area contributed by atoms with Crippen LogP contribution in [-0.4, -0.2) is 244 Å². The number of primary amides is 1. The Morgan fingerprint density at radius 1 is 0.558 bits per heavy atom. The molecule has 42 heteroatoms. The summed E-state index contributed by atoms with van der Waals surface area (Å²) in [7, 11) is 0. The van der Waals surface area contributed by atoms with Crippen molar-refractivity contribution in [3.05, 3.63) is 29.8 Å². The second-order valence-corrected chi connectivity index (χ2v) is 24.9. The van der Waals surface area contributed by atoms with E-state index in [-0.39, 0.29) is 146 Å². The number of carboxylic acid groups (broad SMARTS) is 2. The van der Waals surface area contributed by atoms with Crippen molar-refractivity contribution in [3.8, 4) is 5.75 Å². The SMILES string of the molecule is CC(C)C[C@H](NC(=O)[C@H](Cc1ccc(O)cc1)NC(=O)[C@H](CCCCN)NC(=O)[C@H](CO)NC(=O)[C@H](CCCN=C(N)N)NC(=O)[C@H](CCC(N)=O)NC(=O)[C@H](CO)NC(=O)[C@@H]1CCCN1C(=O)[C@H](CCCN=C(N)N)NC(=O)[C@H](CCCCN)NC(=O)[C@@H]1CCC(=O)N1)C(=O)O.O=C(O)C(F)(F)F. The van der Waals surface area contributed by atoms with Crippen LogP contribution in [0.25, 0.3) is 0 Å². The number of aliphatic carboxylic acids is 2. The third-order valence-electron chi connectivity index (χ3n) is 16.0. The lowest BCUT2D eigenvalue weighted by Crippen LogP contribution is -2.61. The molecule has 3 rings (SSSR count). The van der Waals surface area contributed by atoms with Gasteiger partial charge in [0.25, 0.3) is 0 Å². The number of nitrogens with one attached hydrogen (secondary N) is 10. The highest BCUT2D eigenvalue weighted by Crippen LogP contribution is 2.22. The third kappa shape index (κ3) is 33.7. The predicted molar refractivity (Wildman–Crippen MR) is 364 cm³/mol. The highest BCUT2D eigenvalue weighted by molar-refractivity contribution is 6.00. The van der Waals surface area contributed by atoms with E-state index >= 15 is 0 Å². The molecule has 0 radical (unpaired) electrons. The van der Waals surface area contributed by atoms with Crippen molar-refractivity contribution in [3.63, 3.8) is 0 Å². The number of guanidine groups is 2. The number of aliphatic hydroxyl groups excluding tert-OH is 2. The number of aliphatic hydroxyl groups is 2. The molecule has 0 bridgehead atoms. The molecule has 0 aliphatic carbocycles. The molecule has 0 spiro atoms. The summed E-state index contributed by atoms with van der Waals surface area (Å²) in [4.78, 5) is 195. The molecule has 2 aliphatic rings. The van der Waals surface area contributed by atoms with E-state index in [1.807, 2.05) is 0 Å². The number of phenolic OH excluding ortho intramolecular Hbond substituents is 1. The van der Waals surface area contributed by atoms with Crippen molar-refractivity contribution in [2.24, 2.45) is 56.0 Å². The number of hydrogen-bond donors (Lipinski definition) is 22. The molecule has 0 aromatic heterocycles. The number of likely N-dealkylation sites (tertiary alicyclic amines) is 1. The summed E-state index contributed by atoms with van der Waals surface area (Å²) in [6.45, 7) is 1.67.